The lowest BCUT2D eigenvalue weighted by atomic mass is 9.81. The van der Waals surface area contributed by atoms with Crippen molar-refractivity contribution in [2.45, 2.75) is 52.5 Å². The van der Waals surface area contributed by atoms with Crippen molar-refractivity contribution in [3.63, 3.8) is 0 Å². The van der Waals surface area contributed by atoms with E-state index in [0.29, 0.717) is 31.9 Å². The van der Waals surface area contributed by atoms with Gasteiger partial charge in [0.05, 0.1) is 0 Å². The first kappa shape index (κ1) is 17.5. The van der Waals surface area contributed by atoms with E-state index in [9.17, 15) is 4.79 Å². The second-order valence-corrected chi connectivity index (χ2v) is 6.07. The van der Waals surface area contributed by atoms with E-state index in [4.69, 9.17) is 9.73 Å². The summed E-state index contributed by atoms with van der Waals surface area (Å²) in [5, 5.41) is 3.06. The molecular weight excluding hydrogens is 288 g/mol. The average Bonchev–Trinajstić information content (AvgIpc) is 3.08. The van der Waals surface area contributed by atoms with Crippen molar-refractivity contribution in [1.82, 2.24) is 5.32 Å². The number of benzene rings is 1. The van der Waals surface area contributed by atoms with Crippen LogP contribution < -0.4 is 5.32 Å². The number of carbonyl (C=O) groups is 1. The second-order valence-electron chi connectivity index (χ2n) is 6.07. The van der Waals surface area contributed by atoms with Crippen LogP contribution in [0.1, 0.15) is 58.1 Å². The number of nitrogens with one attached hydrogen (secondary N) is 1. The van der Waals surface area contributed by atoms with Crippen LogP contribution >= 0.6 is 0 Å². The van der Waals surface area contributed by atoms with Gasteiger partial charge in [-0.1, -0.05) is 57.5 Å². The third kappa shape index (κ3) is 3.74. The molecule has 23 heavy (non-hydrogen) atoms. The predicted octanol–water partition coefficient (Wildman–Crippen LogP) is 3.88. The Hall–Kier alpha value is -1.84. The molecule has 0 spiro atoms. The first-order chi connectivity index (χ1) is 11.2. The molecule has 4 nitrogen and oxygen atoms in total. The first-order valence-electron chi connectivity index (χ1n) is 8.72. The molecule has 126 valence electrons. The molecular formula is C19H28N2O2. The van der Waals surface area contributed by atoms with Crippen LogP contribution in [0.2, 0.25) is 0 Å². The van der Waals surface area contributed by atoms with Gasteiger partial charge in [0.15, 0.2) is 5.90 Å². The summed E-state index contributed by atoms with van der Waals surface area (Å²) in [6.07, 6.45) is 3.46. The molecule has 0 radical (unpaired) electrons. The Labute approximate surface area is 139 Å². The third-order valence-corrected chi connectivity index (χ3v) is 4.70. The van der Waals surface area contributed by atoms with Crippen molar-refractivity contribution in [2.75, 3.05) is 13.2 Å². The molecule has 0 fully saturated rings. The Balaban J connectivity index is 2.18. The van der Waals surface area contributed by atoms with Gasteiger partial charge in [0.1, 0.15) is 18.1 Å². The number of hydrogen-bond donors (Lipinski definition) is 1. The highest BCUT2D eigenvalue weighted by Gasteiger charge is 2.44. The van der Waals surface area contributed by atoms with Crippen LogP contribution in [0.3, 0.4) is 0 Å². The minimum atomic E-state index is -0.642. The molecule has 0 aromatic heterocycles. The van der Waals surface area contributed by atoms with Gasteiger partial charge in [-0.15, -0.1) is 0 Å². The molecule has 0 aliphatic carbocycles. The molecule has 1 atom stereocenters. The van der Waals surface area contributed by atoms with E-state index >= 15 is 0 Å². The number of rotatable bonds is 8. The Morgan fingerprint density at radius 3 is 2.57 bits per heavy atom. The normalized spacial score (nSPS) is 17.5. The van der Waals surface area contributed by atoms with E-state index in [1.807, 2.05) is 32.0 Å². The number of nitrogens with zero attached hydrogens (tertiary/aromatic N) is 1. The van der Waals surface area contributed by atoms with Crippen molar-refractivity contribution < 1.29 is 9.53 Å². The van der Waals surface area contributed by atoms with Gasteiger partial charge in [-0.2, -0.15) is 0 Å². The molecule has 1 amide bonds. The molecule has 1 aromatic carbocycles. The zero-order valence-corrected chi connectivity index (χ0v) is 14.5. The number of unbranched alkanes of at least 4 members (excludes halogenated alkanes) is 1. The van der Waals surface area contributed by atoms with Gasteiger partial charge in [-0.05, 0) is 24.8 Å². The Morgan fingerprint density at radius 2 is 1.96 bits per heavy atom. The number of amides is 1. The summed E-state index contributed by atoms with van der Waals surface area (Å²) in [6.45, 7) is 7.42. The van der Waals surface area contributed by atoms with Crippen molar-refractivity contribution in [1.29, 1.82) is 0 Å². The summed E-state index contributed by atoms with van der Waals surface area (Å²) in [5.74, 6) is 0.647. The minimum absolute atomic E-state index is 0.00730. The molecule has 1 aromatic rings. The van der Waals surface area contributed by atoms with Gasteiger partial charge < -0.3 is 10.1 Å². The fraction of sp³-hybridized carbons (Fsp3) is 0.579. The second kappa shape index (κ2) is 8.14. The SMILES string of the molecule is CCCCNC(=O)C(CC)(CC)C1=N[C@H](c2ccccc2)CO1. The van der Waals surface area contributed by atoms with E-state index in [-0.39, 0.29) is 11.9 Å². The summed E-state index contributed by atoms with van der Waals surface area (Å²) < 4.78 is 5.88. The van der Waals surface area contributed by atoms with Crippen molar-refractivity contribution in [3.05, 3.63) is 35.9 Å². The minimum Gasteiger partial charge on any atom is -0.478 e. The van der Waals surface area contributed by atoms with E-state index in [2.05, 4.69) is 24.4 Å². The number of hydrogen-bond acceptors (Lipinski definition) is 3. The summed E-state index contributed by atoms with van der Waals surface area (Å²) in [6, 6.07) is 10.1. The van der Waals surface area contributed by atoms with E-state index < -0.39 is 5.41 Å². The molecule has 1 N–H and O–H groups in total. The standard InChI is InChI=1S/C19H28N2O2/c1-4-7-13-20-17(22)19(5-2,6-3)18-21-16(14-23-18)15-11-9-8-10-12-15/h8-12,16H,4-7,13-14H2,1-3H3,(H,20,22)/t16-/m0/s1. The summed E-state index contributed by atoms with van der Waals surface area (Å²) in [7, 11) is 0. The maximum absolute atomic E-state index is 12.8. The Bertz CT molecular complexity index is 536. The van der Waals surface area contributed by atoms with Gasteiger partial charge in [-0.3, -0.25) is 4.79 Å². The smallest absolute Gasteiger partial charge is 0.235 e. The Morgan fingerprint density at radius 1 is 1.26 bits per heavy atom. The Kier molecular flexibility index (Phi) is 6.20. The largest absolute Gasteiger partial charge is 0.478 e. The van der Waals surface area contributed by atoms with E-state index in [1.165, 1.54) is 0 Å². The highest BCUT2D eigenvalue weighted by atomic mass is 16.5. The van der Waals surface area contributed by atoms with Crippen molar-refractivity contribution in [3.8, 4) is 0 Å². The maximum atomic E-state index is 12.8. The van der Waals surface area contributed by atoms with Gasteiger partial charge in [0.2, 0.25) is 5.91 Å². The fourth-order valence-corrected chi connectivity index (χ4v) is 3.00. The third-order valence-electron chi connectivity index (χ3n) is 4.70. The highest BCUT2D eigenvalue weighted by Crippen LogP contribution is 2.35. The van der Waals surface area contributed by atoms with Crippen molar-refractivity contribution in [2.24, 2.45) is 10.4 Å². The molecule has 2 rings (SSSR count). The van der Waals surface area contributed by atoms with Gasteiger partial charge in [-0.25, -0.2) is 4.99 Å². The molecule has 0 unspecified atom stereocenters. The molecule has 0 bridgehead atoms. The van der Waals surface area contributed by atoms with Gasteiger partial charge in [0, 0.05) is 6.54 Å². The zero-order valence-electron chi connectivity index (χ0n) is 14.5. The number of aliphatic imine (C=N–C) groups is 1. The molecule has 1 heterocycles. The molecule has 0 saturated heterocycles. The number of ether oxygens (including phenoxy) is 1. The van der Waals surface area contributed by atoms with Crippen LogP contribution in [-0.4, -0.2) is 25.0 Å². The van der Waals surface area contributed by atoms with E-state index in [1.54, 1.807) is 0 Å². The first-order valence-corrected chi connectivity index (χ1v) is 8.72. The van der Waals surface area contributed by atoms with Gasteiger partial charge >= 0.3 is 0 Å². The molecule has 4 heteroatoms. The molecule has 0 saturated carbocycles. The van der Waals surface area contributed by atoms with E-state index in [0.717, 1.165) is 18.4 Å². The lowest BCUT2D eigenvalue weighted by molar-refractivity contribution is -0.128. The average molecular weight is 316 g/mol. The summed E-state index contributed by atoms with van der Waals surface area (Å²) >= 11 is 0. The summed E-state index contributed by atoms with van der Waals surface area (Å²) in [5.41, 5.74) is 0.493. The predicted molar refractivity (Wildman–Crippen MR) is 93.5 cm³/mol. The highest BCUT2D eigenvalue weighted by molar-refractivity contribution is 6.05. The van der Waals surface area contributed by atoms with Crippen LogP contribution in [0.5, 0.6) is 0 Å². The lowest BCUT2D eigenvalue weighted by Gasteiger charge is -2.29. The van der Waals surface area contributed by atoms with Crippen LogP contribution in [0.4, 0.5) is 0 Å². The lowest BCUT2D eigenvalue weighted by Crippen LogP contribution is -2.46. The van der Waals surface area contributed by atoms with Gasteiger partial charge in [0.25, 0.3) is 0 Å². The van der Waals surface area contributed by atoms with Crippen molar-refractivity contribution >= 4 is 11.8 Å². The molecule has 1 aliphatic rings. The topological polar surface area (TPSA) is 50.7 Å². The molecule has 1 aliphatic heterocycles. The monoisotopic (exact) mass is 316 g/mol. The summed E-state index contributed by atoms with van der Waals surface area (Å²) in [4.78, 5) is 17.5. The zero-order chi connectivity index (χ0) is 16.7. The fourth-order valence-electron chi connectivity index (χ4n) is 3.00. The van der Waals surface area contributed by atoms with Crippen LogP contribution in [0.25, 0.3) is 0 Å². The maximum Gasteiger partial charge on any atom is 0.235 e. The number of carbonyl (C=O) groups excluding carboxylic acids is 1. The van der Waals surface area contributed by atoms with Crippen LogP contribution in [0.15, 0.2) is 35.3 Å². The van der Waals surface area contributed by atoms with Crippen LogP contribution in [0, 0.1) is 5.41 Å². The quantitative estimate of drug-likeness (QED) is 0.740. The van der Waals surface area contributed by atoms with Crippen LogP contribution in [-0.2, 0) is 9.53 Å².